The van der Waals surface area contributed by atoms with E-state index >= 15 is 0 Å². The maximum atomic E-state index is 5.18. The third-order valence-corrected chi connectivity index (χ3v) is 1.54. The molecule has 0 bridgehead atoms. The summed E-state index contributed by atoms with van der Waals surface area (Å²) in [5.41, 5.74) is 2.64. The zero-order chi connectivity index (χ0) is 7.82. The minimum Gasteiger partial charge on any atom is -0.274 e. The van der Waals surface area contributed by atoms with E-state index in [0.717, 1.165) is 13.1 Å². The molecule has 1 heterocycles. The minimum atomic E-state index is 1.11. The normalized spacial score (nSPS) is 19.5. The van der Waals surface area contributed by atoms with Crippen molar-refractivity contribution in [2.45, 2.75) is 19.3 Å². The zero-order valence-corrected chi connectivity index (χ0v) is 6.21. The van der Waals surface area contributed by atoms with Gasteiger partial charge in [-0.3, -0.25) is 17.5 Å². The predicted molar refractivity (Wildman–Crippen MR) is 41.1 cm³/mol. The van der Waals surface area contributed by atoms with Crippen molar-refractivity contribution in [2.24, 2.45) is 17.5 Å². The molecular weight excluding hydrogens is 130 g/mol. The van der Waals surface area contributed by atoms with Crippen molar-refractivity contribution in [1.29, 1.82) is 0 Å². The average molecular weight is 147 g/mol. The van der Waals surface area contributed by atoms with E-state index in [2.05, 4.69) is 17.2 Å². The van der Waals surface area contributed by atoms with Crippen LogP contribution in [0.3, 0.4) is 0 Å². The topological polar surface area (TPSA) is 93.3 Å². The van der Waals surface area contributed by atoms with E-state index in [1.54, 1.807) is 0 Å². The Labute approximate surface area is 61.4 Å². The second-order valence-electron chi connectivity index (χ2n) is 2.18. The molecule has 0 aliphatic carbocycles. The molecule has 5 heteroatoms. The van der Waals surface area contributed by atoms with Gasteiger partial charge in [-0.25, -0.2) is 5.01 Å². The molecule has 1 saturated heterocycles. The molecule has 1 aliphatic rings. The number of nitrogens with zero attached hydrogens (tertiary/aromatic N) is 1. The highest BCUT2D eigenvalue weighted by molar-refractivity contribution is 4.57. The van der Waals surface area contributed by atoms with Crippen LogP contribution in [0.5, 0.6) is 0 Å². The SMILES string of the molecule is NN.NNN1CCCCC1. The van der Waals surface area contributed by atoms with Crippen LogP contribution in [0, 0.1) is 0 Å². The van der Waals surface area contributed by atoms with Crippen molar-refractivity contribution in [2.75, 3.05) is 13.1 Å². The fourth-order valence-electron chi connectivity index (χ4n) is 1.02. The molecule has 0 spiro atoms. The summed E-state index contributed by atoms with van der Waals surface area (Å²) in [6.45, 7) is 2.22. The first kappa shape index (κ1) is 9.80. The Balaban J connectivity index is 0.000000371. The quantitative estimate of drug-likeness (QED) is 0.272. The molecule has 0 aromatic rings. The number of nitrogens with one attached hydrogen (secondary N) is 1. The van der Waals surface area contributed by atoms with Crippen LogP contribution in [-0.2, 0) is 0 Å². The van der Waals surface area contributed by atoms with Gasteiger partial charge >= 0.3 is 0 Å². The van der Waals surface area contributed by atoms with Crippen LogP contribution >= 0.6 is 0 Å². The Morgan fingerprint density at radius 1 is 1.00 bits per heavy atom. The van der Waals surface area contributed by atoms with E-state index in [1.165, 1.54) is 19.3 Å². The second-order valence-corrected chi connectivity index (χ2v) is 2.18. The molecule has 62 valence electrons. The van der Waals surface area contributed by atoms with E-state index in [0.29, 0.717) is 0 Å². The van der Waals surface area contributed by atoms with Crippen LogP contribution in [0.4, 0.5) is 0 Å². The first-order chi connectivity index (χ1) is 4.93. The van der Waals surface area contributed by atoms with E-state index < -0.39 is 0 Å². The summed E-state index contributed by atoms with van der Waals surface area (Å²) in [5.74, 6) is 13.2. The lowest BCUT2D eigenvalue weighted by atomic mass is 10.2. The molecule has 1 aliphatic heterocycles. The van der Waals surface area contributed by atoms with Gasteiger partial charge in [0.15, 0.2) is 0 Å². The molecule has 10 heavy (non-hydrogen) atoms. The standard InChI is InChI=1S/C5H13N3.H4N2/c6-7-8-4-2-1-3-5-8;1-2/h7H,1-6H2;1-2H2. The molecule has 0 aromatic heterocycles. The lowest BCUT2D eigenvalue weighted by molar-refractivity contribution is 0.156. The maximum absolute atomic E-state index is 5.18. The lowest BCUT2D eigenvalue weighted by Crippen LogP contribution is -2.45. The van der Waals surface area contributed by atoms with Crippen LogP contribution in [0.25, 0.3) is 0 Å². The van der Waals surface area contributed by atoms with Crippen molar-refractivity contribution in [3.8, 4) is 0 Å². The van der Waals surface area contributed by atoms with Gasteiger partial charge in [0.25, 0.3) is 0 Å². The van der Waals surface area contributed by atoms with Crippen LogP contribution < -0.4 is 23.1 Å². The Morgan fingerprint density at radius 2 is 1.50 bits per heavy atom. The van der Waals surface area contributed by atoms with E-state index in [-0.39, 0.29) is 0 Å². The summed E-state index contributed by atoms with van der Waals surface area (Å²) in [6, 6.07) is 0. The molecule has 0 radical (unpaired) electrons. The molecule has 7 N–H and O–H groups in total. The number of piperidine rings is 1. The number of hydrogen-bond donors (Lipinski definition) is 4. The number of hydrazine groups is 3. The minimum absolute atomic E-state index is 1.11. The van der Waals surface area contributed by atoms with Gasteiger partial charge < -0.3 is 0 Å². The van der Waals surface area contributed by atoms with Crippen LogP contribution in [0.15, 0.2) is 0 Å². The average Bonchev–Trinajstić information content (AvgIpc) is 2.10. The van der Waals surface area contributed by atoms with Gasteiger partial charge in [0.05, 0.1) is 0 Å². The van der Waals surface area contributed by atoms with Gasteiger partial charge in [0.1, 0.15) is 0 Å². The van der Waals surface area contributed by atoms with Crippen molar-refractivity contribution in [1.82, 2.24) is 10.5 Å². The fourth-order valence-corrected chi connectivity index (χ4v) is 1.02. The molecule has 5 nitrogen and oxygen atoms in total. The second kappa shape index (κ2) is 6.91. The van der Waals surface area contributed by atoms with Gasteiger partial charge in [-0.1, -0.05) is 6.42 Å². The van der Waals surface area contributed by atoms with Crippen LogP contribution in [-0.4, -0.2) is 18.1 Å². The Kier molecular flexibility index (Phi) is 6.78. The summed E-state index contributed by atoms with van der Waals surface area (Å²) < 4.78 is 0. The highest BCUT2D eigenvalue weighted by Crippen LogP contribution is 2.04. The Bertz CT molecular complexity index is 61.1. The summed E-state index contributed by atoms with van der Waals surface area (Å²) in [7, 11) is 0. The largest absolute Gasteiger partial charge is 0.274 e. The van der Waals surface area contributed by atoms with Gasteiger partial charge in [0.2, 0.25) is 0 Å². The third-order valence-electron chi connectivity index (χ3n) is 1.54. The molecule has 0 atom stereocenters. The van der Waals surface area contributed by atoms with Crippen LogP contribution in [0.2, 0.25) is 0 Å². The lowest BCUT2D eigenvalue weighted by Gasteiger charge is -2.24. The Morgan fingerprint density at radius 3 is 1.80 bits per heavy atom. The first-order valence-corrected chi connectivity index (χ1v) is 3.48. The van der Waals surface area contributed by atoms with Gasteiger partial charge in [-0.05, 0) is 12.8 Å². The first-order valence-electron chi connectivity index (χ1n) is 3.48. The number of hydrogen-bond acceptors (Lipinski definition) is 5. The molecule has 0 amide bonds. The van der Waals surface area contributed by atoms with Gasteiger partial charge in [-0.15, -0.1) is 0 Å². The summed E-state index contributed by atoms with van der Waals surface area (Å²) >= 11 is 0. The van der Waals surface area contributed by atoms with Crippen molar-refractivity contribution in [3.05, 3.63) is 0 Å². The van der Waals surface area contributed by atoms with E-state index in [1.807, 2.05) is 5.01 Å². The number of rotatable bonds is 1. The molecule has 1 rings (SSSR count). The highest BCUT2D eigenvalue weighted by atomic mass is 15.6. The summed E-state index contributed by atoms with van der Waals surface area (Å²) in [5, 5.41) is 2.05. The smallest absolute Gasteiger partial charge is 0.0144 e. The van der Waals surface area contributed by atoms with Crippen molar-refractivity contribution in [3.63, 3.8) is 0 Å². The maximum Gasteiger partial charge on any atom is 0.0144 e. The Hall–Kier alpha value is -0.200. The summed E-state index contributed by atoms with van der Waals surface area (Å²) in [4.78, 5) is 0. The summed E-state index contributed by atoms with van der Waals surface area (Å²) in [6.07, 6.45) is 3.92. The monoisotopic (exact) mass is 147 g/mol. The van der Waals surface area contributed by atoms with Crippen molar-refractivity contribution >= 4 is 0 Å². The molecule has 0 aromatic carbocycles. The molecular formula is C5H17N5. The fraction of sp³-hybridized carbons (Fsp3) is 1.00. The number of nitrogens with two attached hydrogens (primary N) is 3. The van der Waals surface area contributed by atoms with Gasteiger partial charge in [-0.2, -0.15) is 5.53 Å². The predicted octanol–water partition coefficient (Wildman–Crippen LogP) is -1.33. The van der Waals surface area contributed by atoms with Gasteiger partial charge in [0, 0.05) is 13.1 Å². The van der Waals surface area contributed by atoms with Crippen molar-refractivity contribution < 1.29 is 0 Å². The highest BCUT2D eigenvalue weighted by Gasteiger charge is 2.05. The molecule has 0 unspecified atom stereocenters. The van der Waals surface area contributed by atoms with E-state index in [9.17, 15) is 0 Å². The molecule has 1 fully saturated rings. The van der Waals surface area contributed by atoms with Crippen LogP contribution in [0.1, 0.15) is 19.3 Å². The zero-order valence-electron chi connectivity index (χ0n) is 6.21. The third kappa shape index (κ3) is 3.76. The van der Waals surface area contributed by atoms with E-state index in [4.69, 9.17) is 5.84 Å². The molecule has 0 saturated carbocycles.